The molecule has 0 aliphatic carbocycles. The molecule has 0 amide bonds. The van der Waals surface area contributed by atoms with Gasteiger partial charge in [-0.25, -0.2) is 4.98 Å². The van der Waals surface area contributed by atoms with Crippen LogP contribution in [0, 0.1) is 0 Å². The number of pyridine rings is 1. The molecule has 0 radical (unpaired) electrons. The lowest BCUT2D eigenvalue weighted by atomic mass is 9.80. The molecule has 0 atom stereocenters. The Morgan fingerprint density at radius 2 is 1.68 bits per heavy atom. The Morgan fingerprint density at radius 3 is 2.23 bits per heavy atom. The lowest BCUT2D eigenvalue weighted by Gasteiger charge is -2.32. The molecular weight excluding hydrogens is 298 g/mol. The first kappa shape index (κ1) is 16.1. The number of halogens is 1. The van der Waals surface area contributed by atoms with Crippen LogP contribution in [0.2, 0.25) is 5.02 Å². The van der Waals surface area contributed by atoms with E-state index in [1.807, 2.05) is 40.0 Å². The van der Waals surface area contributed by atoms with E-state index in [1.54, 1.807) is 0 Å². The maximum absolute atomic E-state index is 6.47. The average molecular weight is 323 g/mol. The molecule has 4 nitrogen and oxygen atoms in total. The van der Waals surface area contributed by atoms with Gasteiger partial charge in [0.25, 0.3) is 0 Å². The van der Waals surface area contributed by atoms with Crippen molar-refractivity contribution < 1.29 is 9.31 Å². The van der Waals surface area contributed by atoms with Gasteiger partial charge in [-0.05, 0) is 53.0 Å². The Hall–Kier alpha value is -0.775. The molecule has 6 heteroatoms. The lowest BCUT2D eigenvalue weighted by Crippen LogP contribution is -2.41. The van der Waals surface area contributed by atoms with Gasteiger partial charge in [0.05, 0.1) is 16.2 Å². The third-order valence-electron chi connectivity index (χ3n) is 5.02. The van der Waals surface area contributed by atoms with Crippen molar-refractivity contribution in [1.29, 1.82) is 0 Å². The first-order chi connectivity index (χ1) is 10.3. The number of hydrogen-bond donors (Lipinski definition) is 0. The van der Waals surface area contributed by atoms with Crippen LogP contribution in [-0.2, 0) is 9.31 Å². The second-order valence-electron chi connectivity index (χ2n) is 7.21. The number of piperidine rings is 1. The van der Waals surface area contributed by atoms with E-state index in [0.29, 0.717) is 5.02 Å². The van der Waals surface area contributed by atoms with Gasteiger partial charge < -0.3 is 14.2 Å². The number of aromatic nitrogens is 1. The summed E-state index contributed by atoms with van der Waals surface area (Å²) in [5.41, 5.74) is 0.176. The zero-order chi connectivity index (χ0) is 16.0. The smallest absolute Gasteiger partial charge is 0.399 e. The van der Waals surface area contributed by atoms with Crippen molar-refractivity contribution in [1.82, 2.24) is 4.98 Å². The van der Waals surface area contributed by atoms with Gasteiger partial charge >= 0.3 is 7.12 Å². The van der Waals surface area contributed by atoms with E-state index >= 15 is 0 Å². The van der Waals surface area contributed by atoms with Crippen LogP contribution in [0.15, 0.2) is 12.3 Å². The van der Waals surface area contributed by atoms with E-state index in [2.05, 4.69) is 9.88 Å². The molecular formula is C16H24BClN2O2. The Balaban J connectivity index is 1.81. The van der Waals surface area contributed by atoms with Gasteiger partial charge in [0.1, 0.15) is 5.82 Å². The van der Waals surface area contributed by atoms with E-state index < -0.39 is 7.12 Å². The van der Waals surface area contributed by atoms with Gasteiger partial charge in [0.2, 0.25) is 0 Å². The Morgan fingerprint density at radius 1 is 1.09 bits per heavy atom. The maximum Gasteiger partial charge on any atom is 0.496 e. The zero-order valence-electron chi connectivity index (χ0n) is 13.9. The summed E-state index contributed by atoms with van der Waals surface area (Å²) in [6.07, 6.45) is 5.53. The van der Waals surface area contributed by atoms with Crippen molar-refractivity contribution in [2.45, 2.75) is 58.2 Å². The van der Waals surface area contributed by atoms with Crippen molar-refractivity contribution >= 4 is 30.0 Å². The standard InChI is InChI=1S/C16H24BClN2O2/c1-15(2)16(3,4)22-17(21-15)12-10-13(18)14(19-11-12)20-8-6-5-7-9-20/h10-11H,5-9H2,1-4H3. The summed E-state index contributed by atoms with van der Waals surface area (Å²) in [6.45, 7) is 10.2. The molecule has 0 N–H and O–H groups in total. The first-order valence-electron chi connectivity index (χ1n) is 8.06. The van der Waals surface area contributed by atoms with E-state index in [9.17, 15) is 0 Å². The summed E-state index contributed by atoms with van der Waals surface area (Å²) in [4.78, 5) is 6.84. The van der Waals surface area contributed by atoms with Crippen LogP contribution < -0.4 is 10.4 Å². The van der Waals surface area contributed by atoms with Crippen molar-refractivity contribution in [2.24, 2.45) is 0 Å². The maximum atomic E-state index is 6.47. The van der Waals surface area contributed by atoms with Crippen LogP contribution in [0.4, 0.5) is 5.82 Å². The SMILES string of the molecule is CC1(C)OB(c2cnc(N3CCCCC3)c(Cl)c2)OC1(C)C. The minimum absolute atomic E-state index is 0.352. The van der Waals surface area contributed by atoms with Crippen LogP contribution in [0.25, 0.3) is 0 Å². The summed E-state index contributed by atoms with van der Waals surface area (Å²) in [5, 5.41) is 0.675. The number of hydrogen-bond acceptors (Lipinski definition) is 4. The van der Waals surface area contributed by atoms with E-state index in [0.717, 1.165) is 24.4 Å². The second kappa shape index (κ2) is 5.70. The molecule has 0 unspecified atom stereocenters. The van der Waals surface area contributed by atoms with Crippen LogP contribution in [0.5, 0.6) is 0 Å². The van der Waals surface area contributed by atoms with Gasteiger partial charge in [-0.15, -0.1) is 0 Å². The molecule has 0 saturated carbocycles. The quantitative estimate of drug-likeness (QED) is 0.784. The molecule has 1 aromatic rings. The predicted molar refractivity (Wildman–Crippen MR) is 91.0 cm³/mol. The highest BCUT2D eigenvalue weighted by Crippen LogP contribution is 2.36. The van der Waals surface area contributed by atoms with Crippen molar-refractivity contribution in [3.63, 3.8) is 0 Å². The third-order valence-corrected chi connectivity index (χ3v) is 5.30. The Bertz CT molecular complexity index is 543. The summed E-state index contributed by atoms with van der Waals surface area (Å²) in [7, 11) is -0.412. The molecule has 3 heterocycles. The molecule has 2 aliphatic heterocycles. The van der Waals surface area contributed by atoms with Gasteiger partial charge in [0.15, 0.2) is 0 Å². The molecule has 2 fully saturated rings. The second-order valence-corrected chi connectivity index (χ2v) is 7.62. The fourth-order valence-corrected chi connectivity index (χ4v) is 3.19. The molecule has 2 saturated heterocycles. The molecule has 0 aromatic carbocycles. The topological polar surface area (TPSA) is 34.6 Å². The molecule has 22 heavy (non-hydrogen) atoms. The van der Waals surface area contributed by atoms with Crippen LogP contribution in [0.1, 0.15) is 47.0 Å². The molecule has 0 spiro atoms. The van der Waals surface area contributed by atoms with Gasteiger partial charge in [-0.1, -0.05) is 11.6 Å². The minimum atomic E-state index is -0.412. The van der Waals surface area contributed by atoms with E-state index in [-0.39, 0.29) is 11.2 Å². The number of nitrogens with zero attached hydrogens (tertiary/aromatic N) is 2. The zero-order valence-corrected chi connectivity index (χ0v) is 14.6. The summed E-state index contributed by atoms with van der Waals surface area (Å²) in [5.74, 6) is 0.877. The minimum Gasteiger partial charge on any atom is -0.399 e. The lowest BCUT2D eigenvalue weighted by molar-refractivity contribution is 0.00578. The van der Waals surface area contributed by atoms with Crippen LogP contribution >= 0.6 is 11.6 Å². The number of anilines is 1. The van der Waals surface area contributed by atoms with E-state index in [4.69, 9.17) is 20.9 Å². The van der Waals surface area contributed by atoms with Gasteiger partial charge in [0, 0.05) is 24.7 Å². The first-order valence-corrected chi connectivity index (χ1v) is 8.44. The fourth-order valence-electron chi connectivity index (χ4n) is 2.89. The molecule has 0 bridgehead atoms. The highest BCUT2D eigenvalue weighted by atomic mass is 35.5. The summed E-state index contributed by atoms with van der Waals surface area (Å²) < 4.78 is 12.1. The Kier molecular flexibility index (Phi) is 4.17. The molecule has 2 aliphatic rings. The molecule has 120 valence electrons. The molecule has 1 aromatic heterocycles. The largest absolute Gasteiger partial charge is 0.496 e. The highest BCUT2D eigenvalue weighted by molar-refractivity contribution is 6.62. The van der Waals surface area contributed by atoms with Gasteiger partial charge in [-0.3, -0.25) is 0 Å². The highest BCUT2D eigenvalue weighted by Gasteiger charge is 2.51. The van der Waals surface area contributed by atoms with Crippen LogP contribution in [-0.4, -0.2) is 36.4 Å². The third kappa shape index (κ3) is 2.86. The monoisotopic (exact) mass is 322 g/mol. The van der Waals surface area contributed by atoms with Crippen molar-refractivity contribution in [2.75, 3.05) is 18.0 Å². The van der Waals surface area contributed by atoms with Crippen molar-refractivity contribution in [3.05, 3.63) is 17.3 Å². The fraction of sp³-hybridized carbons (Fsp3) is 0.688. The molecule has 3 rings (SSSR count). The summed E-state index contributed by atoms with van der Waals surface area (Å²) in [6, 6.07) is 1.93. The van der Waals surface area contributed by atoms with Gasteiger partial charge in [-0.2, -0.15) is 0 Å². The predicted octanol–water partition coefficient (Wildman–Crippen LogP) is 3.02. The van der Waals surface area contributed by atoms with E-state index in [1.165, 1.54) is 19.3 Å². The van der Waals surface area contributed by atoms with Crippen LogP contribution in [0.3, 0.4) is 0 Å². The number of rotatable bonds is 2. The normalized spacial score (nSPS) is 23.9. The van der Waals surface area contributed by atoms with Crippen molar-refractivity contribution in [3.8, 4) is 0 Å². The summed E-state index contributed by atoms with van der Waals surface area (Å²) >= 11 is 6.47. The average Bonchev–Trinajstić information content (AvgIpc) is 2.68. The Labute approximate surface area is 138 Å².